The minimum absolute atomic E-state index is 0.152. The Morgan fingerprint density at radius 1 is 1.12 bits per heavy atom. The van der Waals surface area contributed by atoms with Crippen LogP contribution in [0.25, 0.3) is 0 Å². The number of rotatable bonds is 6. The normalized spacial score (nSPS) is 16.8. The molecule has 0 unspecified atom stereocenters. The summed E-state index contributed by atoms with van der Waals surface area (Å²) in [5.74, 6) is 0.923. The van der Waals surface area contributed by atoms with Gasteiger partial charge in [-0.05, 0) is 36.6 Å². The standard InChI is InChI=1S/C20H24BrNO2/c1-23-19-8-7-18(21)13-16(19)14-22-15-20(9-11-24-12-10-20)17-5-3-2-4-6-17/h2-8,13,22H,9-12,14-15H2,1H3. The molecule has 3 rings (SSSR count). The van der Waals surface area contributed by atoms with Crippen LogP contribution in [-0.2, 0) is 16.7 Å². The van der Waals surface area contributed by atoms with E-state index in [1.54, 1.807) is 7.11 Å². The van der Waals surface area contributed by atoms with Crippen molar-refractivity contribution in [2.24, 2.45) is 0 Å². The minimum atomic E-state index is 0.152. The molecule has 0 saturated carbocycles. The van der Waals surface area contributed by atoms with Crippen LogP contribution < -0.4 is 10.1 Å². The molecule has 1 saturated heterocycles. The van der Waals surface area contributed by atoms with Crippen LogP contribution in [0.4, 0.5) is 0 Å². The fraction of sp³-hybridized carbons (Fsp3) is 0.400. The zero-order valence-corrected chi connectivity index (χ0v) is 15.6. The van der Waals surface area contributed by atoms with Gasteiger partial charge >= 0.3 is 0 Å². The molecule has 3 nitrogen and oxygen atoms in total. The van der Waals surface area contributed by atoms with Crippen molar-refractivity contribution in [2.45, 2.75) is 24.8 Å². The van der Waals surface area contributed by atoms with E-state index in [1.807, 2.05) is 12.1 Å². The maximum absolute atomic E-state index is 5.61. The number of methoxy groups -OCH3 is 1. The van der Waals surface area contributed by atoms with Gasteiger partial charge in [0.1, 0.15) is 5.75 Å². The summed E-state index contributed by atoms with van der Waals surface area (Å²) >= 11 is 3.54. The van der Waals surface area contributed by atoms with Crippen molar-refractivity contribution >= 4 is 15.9 Å². The Morgan fingerprint density at radius 3 is 2.58 bits per heavy atom. The van der Waals surface area contributed by atoms with E-state index in [4.69, 9.17) is 9.47 Å². The predicted octanol–water partition coefficient (Wildman–Crippen LogP) is 4.30. The molecule has 24 heavy (non-hydrogen) atoms. The molecule has 0 amide bonds. The van der Waals surface area contributed by atoms with Gasteiger partial charge in [0, 0.05) is 41.8 Å². The van der Waals surface area contributed by atoms with Crippen LogP contribution in [0.15, 0.2) is 53.0 Å². The molecule has 0 radical (unpaired) electrons. The first-order valence-corrected chi connectivity index (χ1v) is 9.19. The van der Waals surface area contributed by atoms with Crippen LogP contribution in [-0.4, -0.2) is 26.9 Å². The Hall–Kier alpha value is -1.36. The molecule has 2 aromatic rings. The van der Waals surface area contributed by atoms with Crippen molar-refractivity contribution in [1.29, 1.82) is 0 Å². The zero-order valence-electron chi connectivity index (χ0n) is 14.1. The van der Waals surface area contributed by atoms with Crippen molar-refractivity contribution in [3.63, 3.8) is 0 Å². The van der Waals surface area contributed by atoms with E-state index in [2.05, 4.69) is 57.6 Å². The summed E-state index contributed by atoms with van der Waals surface area (Å²) in [7, 11) is 1.72. The molecule has 0 spiro atoms. The number of benzene rings is 2. The summed E-state index contributed by atoms with van der Waals surface area (Å²) in [6, 6.07) is 16.9. The van der Waals surface area contributed by atoms with Gasteiger partial charge < -0.3 is 14.8 Å². The van der Waals surface area contributed by atoms with Crippen LogP contribution in [0.1, 0.15) is 24.0 Å². The Bertz CT molecular complexity index is 654. The van der Waals surface area contributed by atoms with E-state index >= 15 is 0 Å². The van der Waals surface area contributed by atoms with E-state index < -0.39 is 0 Å². The van der Waals surface area contributed by atoms with Crippen LogP contribution >= 0.6 is 15.9 Å². The Labute approximate surface area is 152 Å². The summed E-state index contributed by atoms with van der Waals surface area (Å²) in [6.07, 6.45) is 2.11. The molecule has 1 N–H and O–H groups in total. The van der Waals surface area contributed by atoms with Crippen molar-refractivity contribution in [1.82, 2.24) is 5.32 Å². The van der Waals surface area contributed by atoms with Crippen molar-refractivity contribution in [2.75, 3.05) is 26.9 Å². The molecule has 1 heterocycles. The third kappa shape index (κ3) is 4.00. The third-order valence-corrected chi connectivity index (χ3v) is 5.35. The molecular weight excluding hydrogens is 366 g/mol. The Kier molecular flexibility index (Phi) is 5.93. The quantitative estimate of drug-likeness (QED) is 0.798. The summed E-state index contributed by atoms with van der Waals surface area (Å²) in [6.45, 7) is 3.39. The lowest BCUT2D eigenvalue weighted by atomic mass is 9.74. The van der Waals surface area contributed by atoms with E-state index in [-0.39, 0.29) is 5.41 Å². The van der Waals surface area contributed by atoms with Crippen molar-refractivity contribution < 1.29 is 9.47 Å². The average molecular weight is 390 g/mol. The van der Waals surface area contributed by atoms with Crippen LogP contribution in [0.5, 0.6) is 5.75 Å². The molecule has 4 heteroatoms. The maximum atomic E-state index is 5.61. The maximum Gasteiger partial charge on any atom is 0.123 e. The highest BCUT2D eigenvalue weighted by Gasteiger charge is 2.33. The first-order valence-electron chi connectivity index (χ1n) is 8.40. The lowest BCUT2D eigenvalue weighted by Crippen LogP contribution is -2.42. The molecule has 0 bridgehead atoms. The van der Waals surface area contributed by atoms with E-state index in [1.165, 1.54) is 11.1 Å². The lowest BCUT2D eigenvalue weighted by molar-refractivity contribution is 0.0497. The molecule has 0 aliphatic carbocycles. The SMILES string of the molecule is COc1ccc(Br)cc1CNCC1(c2ccccc2)CCOCC1. The fourth-order valence-electron chi connectivity index (χ4n) is 3.44. The van der Waals surface area contributed by atoms with Gasteiger partial charge in [-0.3, -0.25) is 0 Å². The van der Waals surface area contributed by atoms with Crippen LogP contribution in [0.3, 0.4) is 0 Å². The van der Waals surface area contributed by atoms with Crippen molar-refractivity contribution in [3.8, 4) is 5.75 Å². The number of hydrogen-bond acceptors (Lipinski definition) is 3. The third-order valence-electron chi connectivity index (χ3n) is 4.86. The van der Waals surface area contributed by atoms with Gasteiger partial charge in [0.2, 0.25) is 0 Å². The minimum Gasteiger partial charge on any atom is -0.496 e. The van der Waals surface area contributed by atoms with Crippen LogP contribution in [0.2, 0.25) is 0 Å². The highest BCUT2D eigenvalue weighted by Crippen LogP contribution is 2.34. The first kappa shape index (κ1) is 17.5. The summed E-state index contributed by atoms with van der Waals surface area (Å²) in [5.41, 5.74) is 2.72. The molecule has 2 aromatic carbocycles. The van der Waals surface area contributed by atoms with E-state index in [0.717, 1.165) is 49.4 Å². The number of nitrogens with one attached hydrogen (secondary N) is 1. The molecule has 128 valence electrons. The fourth-order valence-corrected chi connectivity index (χ4v) is 3.85. The topological polar surface area (TPSA) is 30.5 Å². The van der Waals surface area contributed by atoms with Gasteiger partial charge in [-0.2, -0.15) is 0 Å². The molecule has 0 aromatic heterocycles. The van der Waals surface area contributed by atoms with Gasteiger partial charge in [-0.1, -0.05) is 46.3 Å². The van der Waals surface area contributed by atoms with Gasteiger partial charge in [0.15, 0.2) is 0 Å². The number of hydrogen-bond donors (Lipinski definition) is 1. The smallest absolute Gasteiger partial charge is 0.123 e. The van der Waals surface area contributed by atoms with Gasteiger partial charge in [0.25, 0.3) is 0 Å². The molecule has 1 aliphatic rings. The van der Waals surface area contributed by atoms with E-state index in [0.29, 0.717) is 0 Å². The Balaban J connectivity index is 1.72. The highest BCUT2D eigenvalue weighted by molar-refractivity contribution is 9.10. The van der Waals surface area contributed by atoms with Crippen molar-refractivity contribution in [3.05, 3.63) is 64.1 Å². The molecule has 1 fully saturated rings. The largest absolute Gasteiger partial charge is 0.496 e. The van der Waals surface area contributed by atoms with Gasteiger partial charge in [0.05, 0.1) is 7.11 Å². The summed E-state index contributed by atoms with van der Waals surface area (Å²) in [5, 5.41) is 3.66. The predicted molar refractivity (Wildman–Crippen MR) is 101 cm³/mol. The first-order chi connectivity index (χ1) is 11.7. The van der Waals surface area contributed by atoms with E-state index in [9.17, 15) is 0 Å². The second-order valence-electron chi connectivity index (χ2n) is 6.32. The lowest BCUT2D eigenvalue weighted by Gasteiger charge is -2.38. The Morgan fingerprint density at radius 2 is 1.88 bits per heavy atom. The molecule has 1 aliphatic heterocycles. The second-order valence-corrected chi connectivity index (χ2v) is 7.23. The van der Waals surface area contributed by atoms with Crippen LogP contribution in [0, 0.1) is 0 Å². The van der Waals surface area contributed by atoms with Gasteiger partial charge in [-0.15, -0.1) is 0 Å². The molecular formula is C20H24BrNO2. The molecule has 0 atom stereocenters. The number of halogens is 1. The second kappa shape index (κ2) is 8.15. The monoisotopic (exact) mass is 389 g/mol. The van der Waals surface area contributed by atoms with Gasteiger partial charge in [-0.25, -0.2) is 0 Å². The number of ether oxygens (including phenoxy) is 2. The summed E-state index contributed by atoms with van der Waals surface area (Å²) < 4.78 is 12.2. The summed E-state index contributed by atoms with van der Waals surface area (Å²) in [4.78, 5) is 0. The average Bonchev–Trinajstić information content (AvgIpc) is 2.63. The zero-order chi connectivity index (χ0) is 16.8. The highest BCUT2D eigenvalue weighted by atomic mass is 79.9.